The Morgan fingerprint density at radius 2 is 1.95 bits per heavy atom. The van der Waals surface area contributed by atoms with E-state index in [1.807, 2.05) is 43.3 Å². The number of sulfonamides is 1. The van der Waals surface area contributed by atoms with Gasteiger partial charge in [0.05, 0.1) is 12.3 Å². The smallest absolute Gasteiger partial charge is 0.225 e. The van der Waals surface area contributed by atoms with Crippen molar-refractivity contribution >= 4 is 16.1 Å². The predicted octanol–water partition coefficient (Wildman–Crippen LogP) is 2.47. The Morgan fingerprint density at radius 3 is 2.47 bits per heavy atom. The molecular weight excluding hydrogens is 258 g/mol. The third-order valence-electron chi connectivity index (χ3n) is 2.78. The van der Waals surface area contributed by atoms with Crippen molar-refractivity contribution in [3.63, 3.8) is 0 Å². The Kier molecular flexibility index (Phi) is 3.96. The standard InChI is InChI=1S/C15H17NO2S/c1-13(12-14-6-4-3-5-7-14)10-11-16(15-8-9-15)19(2,17)18/h3-7,12,15H,8-9H2,1-2H3/b13-12+. The number of benzene rings is 1. The van der Waals surface area contributed by atoms with E-state index in [1.54, 1.807) is 0 Å². The summed E-state index contributed by atoms with van der Waals surface area (Å²) < 4.78 is 24.5. The highest BCUT2D eigenvalue weighted by Crippen LogP contribution is 2.28. The maximum Gasteiger partial charge on any atom is 0.239 e. The molecule has 1 saturated carbocycles. The SMILES string of the molecule is C/C(C#CN(C1CC1)S(C)(=O)=O)=C\c1ccccc1. The molecule has 0 bridgehead atoms. The highest BCUT2D eigenvalue weighted by atomic mass is 32.2. The van der Waals surface area contributed by atoms with Gasteiger partial charge in [-0.2, -0.15) is 0 Å². The average molecular weight is 275 g/mol. The minimum absolute atomic E-state index is 0.0759. The van der Waals surface area contributed by atoms with Crippen LogP contribution in [0.25, 0.3) is 6.08 Å². The van der Waals surface area contributed by atoms with Gasteiger partial charge >= 0.3 is 0 Å². The molecule has 0 heterocycles. The van der Waals surface area contributed by atoms with E-state index in [-0.39, 0.29) is 6.04 Å². The number of hydrogen-bond donors (Lipinski definition) is 0. The molecule has 1 aliphatic rings. The lowest BCUT2D eigenvalue weighted by Gasteiger charge is -2.12. The van der Waals surface area contributed by atoms with Crippen molar-refractivity contribution in [2.45, 2.75) is 25.8 Å². The van der Waals surface area contributed by atoms with Gasteiger partial charge in [0.1, 0.15) is 0 Å². The molecule has 1 aromatic rings. The van der Waals surface area contributed by atoms with Crippen LogP contribution >= 0.6 is 0 Å². The Labute approximate surface area is 115 Å². The van der Waals surface area contributed by atoms with Crippen LogP contribution in [0.4, 0.5) is 0 Å². The molecule has 0 atom stereocenters. The van der Waals surface area contributed by atoms with E-state index in [2.05, 4.69) is 12.0 Å². The van der Waals surface area contributed by atoms with Crippen LogP contribution in [0.15, 0.2) is 35.9 Å². The third kappa shape index (κ3) is 4.15. The fourth-order valence-corrected chi connectivity index (χ4v) is 2.70. The molecule has 1 fully saturated rings. The highest BCUT2D eigenvalue weighted by molar-refractivity contribution is 7.88. The quantitative estimate of drug-likeness (QED) is 0.628. The van der Waals surface area contributed by atoms with Crippen LogP contribution < -0.4 is 0 Å². The van der Waals surface area contributed by atoms with Gasteiger partial charge in [0.15, 0.2) is 0 Å². The molecule has 2 rings (SSSR count). The van der Waals surface area contributed by atoms with E-state index < -0.39 is 10.0 Å². The number of hydrogen-bond acceptors (Lipinski definition) is 2. The average Bonchev–Trinajstić information content (AvgIpc) is 3.13. The molecule has 0 N–H and O–H groups in total. The molecule has 3 nitrogen and oxygen atoms in total. The van der Waals surface area contributed by atoms with E-state index in [0.717, 1.165) is 24.0 Å². The zero-order chi connectivity index (χ0) is 13.9. The van der Waals surface area contributed by atoms with Crippen LogP contribution in [0.5, 0.6) is 0 Å². The summed E-state index contributed by atoms with van der Waals surface area (Å²) in [5.41, 5.74) is 1.91. The topological polar surface area (TPSA) is 37.4 Å². The first-order valence-electron chi connectivity index (χ1n) is 6.21. The van der Waals surface area contributed by atoms with Crippen LogP contribution in [0.2, 0.25) is 0 Å². The Bertz CT molecular complexity index is 632. The van der Waals surface area contributed by atoms with Gasteiger partial charge in [-0.25, -0.2) is 12.7 Å². The fraction of sp³-hybridized carbons (Fsp3) is 0.333. The van der Waals surface area contributed by atoms with E-state index >= 15 is 0 Å². The summed E-state index contributed by atoms with van der Waals surface area (Å²) in [6.07, 6.45) is 4.96. The summed E-state index contributed by atoms with van der Waals surface area (Å²) in [6.45, 7) is 1.88. The molecule has 0 radical (unpaired) electrons. The van der Waals surface area contributed by atoms with Gasteiger partial charge in [0.25, 0.3) is 0 Å². The van der Waals surface area contributed by atoms with Crippen molar-refractivity contribution in [2.24, 2.45) is 0 Å². The summed E-state index contributed by atoms with van der Waals surface area (Å²) in [7, 11) is -3.24. The zero-order valence-corrected chi connectivity index (χ0v) is 11.9. The van der Waals surface area contributed by atoms with Crippen LogP contribution in [0, 0.1) is 12.0 Å². The molecule has 1 aliphatic carbocycles. The maximum atomic E-state index is 11.6. The zero-order valence-electron chi connectivity index (χ0n) is 11.1. The molecule has 0 aliphatic heterocycles. The van der Waals surface area contributed by atoms with Gasteiger partial charge in [-0.15, -0.1) is 0 Å². The monoisotopic (exact) mass is 275 g/mol. The largest absolute Gasteiger partial charge is 0.239 e. The third-order valence-corrected chi connectivity index (χ3v) is 3.89. The molecule has 0 amide bonds. The number of allylic oxidation sites excluding steroid dienone is 1. The Morgan fingerprint density at radius 1 is 1.32 bits per heavy atom. The van der Waals surface area contributed by atoms with Crippen LogP contribution in [-0.2, 0) is 10.0 Å². The lowest BCUT2D eigenvalue weighted by atomic mass is 10.1. The highest BCUT2D eigenvalue weighted by Gasteiger charge is 2.33. The normalized spacial score (nSPS) is 15.6. The van der Waals surface area contributed by atoms with Crippen molar-refractivity contribution < 1.29 is 8.42 Å². The second-order valence-corrected chi connectivity index (χ2v) is 6.62. The molecule has 0 spiro atoms. The van der Waals surface area contributed by atoms with Gasteiger partial charge in [-0.05, 0) is 37.3 Å². The second kappa shape index (κ2) is 5.50. The van der Waals surface area contributed by atoms with Crippen molar-refractivity contribution in [1.29, 1.82) is 0 Å². The summed E-state index contributed by atoms with van der Waals surface area (Å²) in [4.78, 5) is 0. The summed E-state index contributed by atoms with van der Waals surface area (Å²) in [5.74, 6) is 2.92. The van der Waals surface area contributed by atoms with Gasteiger partial charge in [0, 0.05) is 11.6 Å². The maximum absolute atomic E-state index is 11.6. The lowest BCUT2D eigenvalue weighted by Crippen LogP contribution is -2.27. The Balaban J connectivity index is 2.16. The number of nitrogens with zero attached hydrogens (tertiary/aromatic N) is 1. The van der Waals surface area contributed by atoms with Gasteiger partial charge in [-0.3, -0.25) is 0 Å². The molecule has 19 heavy (non-hydrogen) atoms. The van der Waals surface area contributed by atoms with Gasteiger partial charge in [0.2, 0.25) is 10.0 Å². The van der Waals surface area contributed by atoms with Gasteiger partial charge in [-0.1, -0.05) is 30.3 Å². The van der Waals surface area contributed by atoms with Crippen molar-refractivity contribution in [1.82, 2.24) is 4.31 Å². The first kappa shape index (κ1) is 13.7. The summed E-state index contributed by atoms with van der Waals surface area (Å²) in [5, 5.41) is 0. The molecule has 100 valence electrons. The molecular formula is C15H17NO2S. The minimum Gasteiger partial charge on any atom is -0.225 e. The van der Waals surface area contributed by atoms with E-state index in [4.69, 9.17) is 0 Å². The van der Waals surface area contributed by atoms with Crippen molar-refractivity contribution in [3.05, 3.63) is 41.5 Å². The van der Waals surface area contributed by atoms with Crippen molar-refractivity contribution in [3.8, 4) is 12.0 Å². The van der Waals surface area contributed by atoms with E-state index in [1.165, 1.54) is 10.6 Å². The summed E-state index contributed by atoms with van der Waals surface area (Å²) >= 11 is 0. The molecule has 0 aromatic heterocycles. The van der Waals surface area contributed by atoms with E-state index in [9.17, 15) is 8.42 Å². The molecule has 0 unspecified atom stereocenters. The molecule has 0 saturated heterocycles. The first-order valence-corrected chi connectivity index (χ1v) is 8.06. The van der Waals surface area contributed by atoms with Crippen LogP contribution in [0.1, 0.15) is 25.3 Å². The predicted molar refractivity (Wildman–Crippen MR) is 77.6 cm³/mol. The number of rotatable bonds is 3. The van der Waals surface area contributed by atoms with Gasteiger partial charge < -0.3 is 0 Å². The van der Waals surface area contributed by atoms with Crippen LogP contribution in [0.3, 0.4) is 0 Å². The molecule has 4 heteroatoms. The second-order valence-electron chi connectivity index (χ2n) is 4.76. The summed E-state index contributed by atoms with van der Waals surface area (Å²) in [6, 6.07) is 12.7. The van der Waals surface area contributed by atoms with Crippen LogP contribution in [-0.4, -0.2) is 25.0 Å². The molecule has 1 aromatic carbocycles. The lowest BCUT2D eigenvalue weighted by molar-refractivity contribution is 0.513. The first-order chi connectivity index (χ1) is 8.97. The van der Waals surface area contributed by atoms with E-state index in [0.29, 0.717) is 0 Å². The van der Waals surface area contributed by atoms with Crippen molar-refractivity contribution in [2.75, 3.05) is 6.26 Å². The minimum atomic E-state index is -3.24. The fourth-order valence-electron chi connectivity index (χ4n) is 1.73. The Hall–Kier alpha value is -1.73.